The Morgan fingerprint density at radius 1 is 0.750 bits per heavy atom. The Bertz CT molecular complexity index is 725. The minimum Gasteiger partial charge on any atom is -0.480 e. The first-order valence-corrected chi connectivity index (χ1v) is 10.1. The molecule has 5 amide bonds. The minimum atomic E-state index is -1.56. The van der Waals surface area contributed by atoms with Gasteiger partial charge in [0.25, 0.3) is 0 Å². The largest absolute Gasteiger partial charge is 0.480 e. The minimum absolute atomic E-state index is 0.0308. The molecule has 0 aliphatic heterocycles. The van der Waals surface area contributed by atoms with E-state index in [2.05, 4.69) is 16.0 Å². The summed E-state index contributed by atoms with van der Waals surface area (Å²) in [5.41, 5.74) is 15.7. The summed E-state index contributed by atoms with van der Waals surface area (Å²) >= 11 is 0. The number of hydrogen-bond donors (Lipinski definition) is 7. The molecule has 4 unspecified atom stereocenters. The number of carbonyl (C=O) groups is 6. The standard InChI is InChI=1S/C19H34N6O7/c1-8(2)5-11(23-16(28)10(20)6-13(21)26)17(29)25-15(9(3)4)18(30)24-12(19(31)32)7-14(22)27/h8-12,15H,5-7,20H2,1-4H3,(H2,21,26)(H2,22,27)(H,23,28)(H,24,30)(H,25,29)(H,31,32). The molecular formula is C19H34N6O7. The lowest BCUT2D eigenvalue weighted by molar-refractivity contribution is -0.144. The number of nitrogens with one attached hydrogen (secondary N) is 3. The van der Waals surface area contributed by atoms with Crippen molar-refractivity contribution in [3.05, 3.63) is 0 Å². The lowest BCUT2D eigenvalue weighted by atomic mass is 9.99. The third-order valence-electron chi connectivity index (χ3n) is 4.36. The maximum absolute atomic E-state index is 12.8. The summed E-state index contributed by atoms with van der Waals surface area (Å²) < 4.78 is 0. The molecule has 182 valence electrons. The molecule has 32 heavy (non-hydrogen) atoms. The van der Waals surface area contributed by atoms with Gasteiger partial charge in [-0.05, 0) is 18.3 Å². The van der Waals surface area contributed by atoms with Crippen molar-refractivity contribution in [2.75, 3.05) is 0 Å². The molecule has 0 aliphatic carbocycles. The van der Waals surface area contributed by atoms with Crippen LogP contribution in [0, 0.1) is 11.8 Å². The van der Waals surface area contributed by atoms with Crippen LogP contribution in [-0.2, 0) is 28.8 Å². The summed E-state index contributed by atoms with van der Waals surface area (Å²) in [6.45, 7) is 6.85. The van der Waals surface area contributed by atoms with E-state index < -0.39 is 78.4 Å². The molecule has 0 radical (unpaired) electrons. The van der Waals surface area contributed by atoms with Crippen LogP contribution < -0.4 is 33.2 Å². The summed E-state index contributed by atoms with van der Waals surface area (Å²) in [5, 5.41) is 16.3. The number of carboxylic acids is 1. The molecule has 0 saturated carbocycles. The molecule has 0 bridgehead atoms. The second kappa shape index (κ2) is 13.2. The highest BCUT2D eigenvalue weighted by Gasteiger charge is 2.32. The van der Waals surface area contributed by atoms with Crippen molar-refractivity contribution in [1.29, 1.82) is 0 Å². The quantitative estimate of drug-likeness (QED) is 0.144. The normalized spacial score (nSPS) is 14.7. The molecule has 0 saturated heterocycles. The Hall–Kier alpha value is -3.22. The number of carbonyl (C=O) groups excluding carboxylic acids is 5. The van der Waals surface area contributed by atoms with Crippen LogP contribution in [0.5, 0.6) is 0 Å². The van der Waals surface area contributed by atoms with Gasteiger partial charge in [0, 0.05) is 0 Å². The number of amides is 5. The number of nitrogens with two attached hydrogens (primary N) is 3. The van der Waals surface area contributed by atoms with Crippen molar-refractivity contribution in [3.63, 3.8) is 0 Å². The highest BCUT2D eigenvalue weighted by atomic mass is 16.4. The van der Waals surface area contributed by atoms with Gasteiger partial charge in [-0.25, -0.2) is 4.79 Å². The molecule has 13 nitrogen and oxygen atoms in total. The Kier molecular flexibility index (Phi) is 11.9. The van der Waals surface area contributed by atoms with Crippen LogP contribution in [0.2, 0.25) is 0 Å². The summed E-state index contributed by atoms with van der Waals surface area (Å²) in [4.78, 5) is 71.0. The van der Waals surface area contributed by atoms with Crippen LogP contribution in [0.4, 0.5) is 0 Å². The first-order chi connectivity index (χ1) is 14.6. The zero-order valence-electron chi connectivity index (χ0n) is 18.7. The van der Waals surface area contributed by atoms with E-state index in [1.807, 2.05) is 13.8 Å². The maximum Gasteiger partial charge on any atom is 0.326 e. The molecule has 13 heteroatoms. The van der Waals surface area contributed by atoms with Gasteiger partial charge in [0.1, 0.15) is 18.1 Å². The fraction of sp³-hybridized carbons (Fsp3) is 0.684. The average molecular weight is 459 g/mol. The van der Waals surface area contributed by atoms with Crippen LogP contribution in [0.25, 0.3) is 0 Å². The third kappa shape index (κ3) is 10.7. The van der Waals surface area contributed by atoms with Gasteiger partial charge in [0.15, 0.2) is 0 Å². The smallest absolute Gasteiger partial charge is 0.326 e. The average Bonchev–Trinajstić information content (AvgIpc) is 2.62. The van der Waals surface area contributed by atoms with Gasteiger partial charge in [0.2, 0.25) is 29.5 Å². The molecule has 0 spiro atoms. The topological polar surface area (TPSA) is 237 Å². The van der Waals surface area contributed by atoms with Crippen molar-refractivity contribution < 1.29 is 33.9 Å². The van der Waals surface area contributed by atoms with E-state index in [1.54, 1.807) is 13.8 Å². The predicted octanol–water partition coefficient (Wildman–Crippen LogP) is -2.69. The number of hydrogen-bond acceptors (Lipinski definition) is 7. The molecule has 0 aromatic heterocycles. The van der Waals surface area contributed by atoms with Gasteiger partial charge in [-0.1, -0.05) is 27.7 Å². The Labute approximate surface area is 186 Å². The van der Waals surface area contributed by atoms with Crippen molar-refractivity contribution in [1.82, 2.24) is 16.0 Å². The van der Waals surface area contributed by atoms with Crippen LogP contribution in [0.3, 0.4) is 0 Å². The van der Waals surface area contributed by atoms with Crippen LogP contribution in [0.1, 0.15) is 47.0 Å². The van der Waals surface area contributed by atoms with Crippen LogP contribution in [0.15, 0.2) is 0 Å². The summed E-state index contributed by atoms with van der Waals surface area (Å²) in [6, 6.07) is -5.04. The van der Waals surface area contributed by atoms with Gasteiger partial charge < -0.3 is 38.3 Å². The second-order valence-electron chi connectivity index (χ2n) is 8.27. The van der Waals surface area contributed by atoms with E-state index in [0.717, 1.165) is 0 Å². The van der Waals surface area contributed by atoms with E-state index in [-0.39, 0.29) is 12.3 Å². The third-order valence-corrected chi connectivity index (χ3v) is 4.36. The van der Waals surface area contributed by atoms with Crippen molar-refractivity contribution in [2.24, 2.45) is 29.0 Å². The first-order valence-electron chi connectivity index (χ1n) is 10.1. The number of aliphatic carboxylic acids is 1. The lowest BCUT2D eigenvalue weighted by Gasteiger charge is -2.27. The summed E-state index contributed by atoms with van der Waals surface area (Å²) in [7, 11) is 0. The van der Waals surface area contributed by atoms with Crippen molar-refractivity contribution in [3.8, 4) is 0 Å². The van der Waals surface area contributed by atoms with Crippen LogP contribution in [-0.4, -0.2) is 64.8 Å². The Morgan fingerprint density at radius 2 is 1.25 bits per heavy atom. The highest BCUT2D eigenvalue weighted by Crippen LogP contribution is 2.09. The maximum atomic E-state index is 12.8. The molecule has 0 heterocycles. The van der Waals surface area contributed by atoms with E-state index in [9.17, 15) is 33.9 Å². The van der Waals surface area contributed by atoms with Crippen molar-refractivity contribution >= 4 is 35.5 Å². The zero-order valence-corrected chi connectivity index (χ0v) is 18.7. The number of primary amides is 2. The van der Waals surface area contributed by atoms with Gasteiger partial charge in [-0.2, -0.15) is 0 Å². The van der Waals surface area contributed by atoms with E-state index in [0.29, 0.717) is 0 Å². The van der Waals surface area contributed by atoms with Crippen LogP contribution >= 0.6 is 0 Å². The van der Waals surface area contributed by atoms with E-state index in [4.69, 9.17) is 17.2 Å². The summed E-state index contributed by atoms with van der Waals surface area (Å²) in [6.07, 6.45) is -0.828. The predicted molar refractivity (Wildman–Crippen MR) is 113 cm³/mol. The van der Waals surface area contributed by atoms with E-state index >= 15 is 0 Å². The number of carboxylic acid groups (broad SMARTS) is 1. The van der Waals surface area contributed by atoms with Gasteiger partial charge in [-0.3, -0.25) is 24.0 Å². The lowest BCUT2D eigenvalue weighted by Crippen LogP contribution is -2.59. The fourth-order valence-corrected chi connectivity index (χ4v) is 2.74. The first kappa shape index (κ1) is 28.8. The number of rotatable bonds is 14. The van der Waals surface area contributed by atoms with Gasteiger partial charge >= 0.3 is 5.97 Å². The van der Waals surface area contributed by atoms with Crippen molar-refractivity contribution in [2.45, 2.75) is 71.1 Å². The molecule has 0 fully saturated rings. The fourth-order valence-electron chi connectivity index (χ4n) is 2.74. The van der Waals surface area contributed by atoms with Gasteiger partial charge in [-0.15, -0.1) is 0 Å². The Balaban J connectivity index is 5.45. The molecule has 10 N–H and O–H groups in total. The molecule has 0 aromatic rings. The van der Waals surface area contributed by atoms with Gasteiger partial charge in [0.05, 0.1) is 18.9 Å². The second-order valence-corrected chi connectivity index (χ2v) is 8.27. The SMILES string of the molecule is CC(C)CC(NC(=O)C(N)CC(N)=O)C(=O)NC(C(=O)NC(CC(N)=O)C(=O)O)C(C)C. The highest BCUT2D eigenvalue weighted by molar-refractivity contribution is 5.95. The zero-order chi connectivity index (χ0) is 25.2. The Morgan fingerprint density at radius 3 is 1.66 bits per heavy atom. The molecule has 0 aromatic carbocycles. The molecule has 0 rings (SSSR count). The monoisotopic (exact) mass is 458 g/mol. The summed E-state index contributed by atoms with van der Waals surface area (Å²) in [5.74, 6) is -5.95. The molecule has 0 aliphatic rings. The molecule has 4 atom stereocenters. The van der Waals surface area contributed by atoms with E-state index in [1.165, 1.54) is 0 Å². The molecular weight excluding hydrogens is 424 g/mol.